The first-order valence-corrected chi connectivity index (χ1v) is 8.14. The Morgan fingerprint density at radius 3 is 2.43 bits per heavy atom. The first-order valence-electron chi connectivity index (χ1n) is 7.32. The maximum atomic E-state index is 12.6. The van der Waals surface area contributed by atoms with E-state index in [-0.39, 0.29) is 6.04 Å². The number of aromatic nitrogens is 1. The predicted octanol–water partition coefficient (Wildman–Crippen LogP) is 3.66. The fourth-order valence-corrected chi connectivity index (χ4v) is 3.07. The number of hydrogen-bond donors (Lipinski definition) is 1. The minimum atomic E-state index is -4.35. The van der Waals surface area contributed by atoms with E-state index in [1.54, 1.807) is 20.8 Å². The van der Waals surface area contributed by atoms with Gasteiger partial charge in [-0.15, -0.1) is 0 Å². The molecule has 1 amide bonds. The first kappa shape index (κ1) is 17.8. The Labute approximate surface area is 136 Å². The molecule has 1 fully saturated rings. The average Bonchev–Trinajstić information content (AvgIpc) is 2.86. The standard InChI is InChI=1S/C14H20F3N3O2S/c1-13(2,3)22-12(21)19-9-4-6-20(7-5-9)11-18-8-10(23-11)14(15,16)17/h8-9H,4-7H2,1-3H3,(H,19,21). The molecule has 1 N–H and O–H groups in total. The van der Waals surface area contributed by atoms with E-state index >= 15 is 0 Å². The Kier molecular flexibility index (Phi) is 5.07. The summed E-state index contributed by atoms with van der Waals surface area (Å²) < 4.78 is 43.0. The summed E-state index contributed by atoms with van der Waals surface area (Å²) in [5.41, 5.74) is -0.556. The summed E-state index contributed by atoms with van der Waals surface area (Å²) in [5, 5.41) is 3.16. The molecule has 1 aromatic heterocycles. The van der Waals surface area contributed by atoms with Crippen molar-refractivity contribution in [3.05, 3.63) is 11.1 Å². The monoisotopic (exact) mass is 351 g/mol. The van der Waals surface area contributed by atoms with Crippen LogP contribution in [0.2, 0.25) is 0 Å². The molecule has 1 aliphatic rings. The highest BCUT2D eigenvalue weighted by atomic mass is 32.1. The lowest BCUT2D eigenvalue weighted by molar-refractivity contribution is -0.134. The highest BCUT2D eigenvalue weighted by molar-refractivity contribution is 7.15. The molecule has 1 saturated heterocycles. The number of alkyl halides is 3. The summed E-state index contributed by atoms with van der Waals surface area (Å²) in [6, 6.07) is -0.0388. The molecule has 0 atom stereocenters. The second kappa shape index (κ2) is 6.54. The fourth-order valence-electron chi connectivity index (χ4n) is 2.23. The number of nitrogens with one attached hydrogen (secondary N) is 1. The second-order valence-electron chi connectivity index (χ2n) is 6.41. The Balaban J connectivity index is 1.84. The lowest BCUT2D eigenvalue weighted by Gasteiger charge is -2.32. The van der Waals surface area contributed by atoms with Crippen LogP contribution in [0.1, 0.15) is 38.5 Å². The smallest absolute Gasteiger partial charge is 0.427 e. The largest absolute Gasteiger partial charge is 0.444 e. The summed E-state index contributed by atoms with van der Waals surface area (Å²) in [5.74, 6) is 0. The van der Waals surface area contributed by atoms with Gasteiger partial charge in [-0.3, -0.25) is 0 Å². The SMILES string of the molecule is CC(C)(C)OC(=O)NC1CCN(c2ncc(C(F)(F)F)s2)CC1. The van der Waals surface area contributed by atoms with Gasteiger partial charge in [0.25, 0.3) is 0 Å². The van der Waals surface area contributed by atoms with Crippen molar-refractivity contribution < 1.29 is 22.7 Å². The molecular formula is C14H20F3N3O2S. The molecule has 23 heavy (non-hydrogen) atoms. The number of amides is 1. The van der Waals surface area contributed by atoms with Crippen LogP contribution in [0.4, 0.5) is 23.1 Å². The molecule has 0 saturated carbocycles. The number of ether oxygens (including phenoxy) is 1. The van der Waals surface area contributed by atoms with E-state index in [0.29, 0.717) is 42.4 Å². The lowest BCUT2D eigenvalue weighted by atomic mass is 10.1. The number of carbonyl (C=O) groups excluding carboxylic acids is 1. The van der Waals surface area contributed by atoms with Gasteiger partial charge in [0.05, 0.1) is 6.20 Å². The fraction of sp³-hybridized carbons (Fsp3) is 0.714. The Morgan fingerprint density at radius 1 is 1.35 bits per heavy atom. The zero-order valence-corrected chi connectivity index (χ0v) is 14.1. The maximum absolute atomic E-state index is 12.6. The van der Waals surface area contributed by atoms with Crippen molar-refractivity contribution in [3.63, 3.8) is 0 Å². The number of carbonyl (C=O) groups is 1. The van der Waals surface area contributed by atoms with Crippen molar-refractivity contribution in [3.8, 4) is 0 Å². The molecular weight excluding hydrogens is 331 g/mol. The van der Waals surface area contributed by atoms with Crippen LogP contribution in [0.15, 0.2) is 6.20 Å². The number of alkyl carbamates (subject to hydrolysis) is 1. The van der Waals surface area contributed by atoms with E-state index in [1.807, 2.05) is 4.90 Å². The Bertz CT molecular complexity index is 546. The van der Waals surface area contributed by atoms with Crippen LogP contribution in [0.3, 0.4) is 0 Å². The number of anilines is 1. The van der Waals surface area contributed by atoms with Gasteiger partial charge in [0.2, 0.25) is 0 Å². The van der Waals surface area contributed by atoms with Gasteiger partial charge in [-0.25, -0.2) is 9.78 Å². The third-order valence-electron chi connectivity index (χ3n) is 3.26. The van der Waals surface area contributed by atoms with Crippen LogP contribution in [0.5, 0.6) is 0 Å². The number of piperidine rings is 1. The molecule has 0 aromatic carbocycles. The van der Waals surface area contributed by atoms with Gasteiger partial charge >= 0.3 is 12.3 Å². The van der Waals surface area contributed by atoms with Crippen molar-refractivity contribution in [2.75, 3.05) is 18.0 Å². The van der Waals surface area contributed by atoms with Crippen LogP contribution < -0.4 is 10.2 Å². The summed E-state index contributed by atoms with van der Waals surface area (Å²) in [6.45, 7) is 6.46. The normalized spacial score (nSPS) is 17.2. The molecule has 1 aromatic rings. The molecule has 0 bridgehead atoms. The molecule has 1 aliphatic heterocycles. The van der Waals surface area contributed by atoms with Gasteiger partial charge in [0, 0.05) is 19.1 Å². The number of thiazole rings is 1. The van der Waals surface area contributed by atoms with Crippen LogP contribution >= 0.6 is 11.3 Å². The summed E-state index contributed by atoms with van der Waals surface area (Å²) in [6.07, 6.45) is -2.68. The number of rotatable bonds is 2. The van der Waals surface area contributed by atoms with Crippen molar-refractivity contribution in [1.82, 2.24) is 10.3 Å². The molecule has 0 spiro atoms. The summed E-state index contributed by atoms with van der Waals surface area (Å²) >= 11 is 0.647. The van der Waals surface area contributed by atoms with Crippen LogP contribution in [0.25, 0.3) is 0 Å². The molecule has 0 aliphatic carbocycles. The van der Waals surface area contributed by atoms with Gasteiger partial charge in [-0.05, 0) is 33.6 Å². The second-order valence-corrected chi connectivity index (χ2v) is 7.42. The average molecular weight is 351 g/mol. The van der Waals surface area contributed by atoms with E-state index in [0.717, 1.165) is 6.20 Å². The van der Waals surface area contributed by atoms with Crippen LogP contribution in [-0.2, 0) is 10.9 Å². The zero-order valence-electron chi connectivity index (χ0n) is 13.2. The van der Waals surface area contributed by atoms with Gasteiger partial charge in [-0.2, -0.15) is 13.2 Å². The summed E-state index contributed by atoms with van der Waals surface area (Å²) in [7, 11) is 0. The highest BCUT2D eigenvalue weighted by Crippen LogP contribution is 2.36. The van der Waals surface area contributed by atoms with E-state index < -0.39 is 22.7 Å². The topological polar surface area (TPSA) is 54.5 Å². The molecule has 2 heterocycles. The van der Waals surface area contributed by atoms with Gasteiger partial charge in [0.1, 0.15) is 10.5 Å². The van der Waals surface area contributed by atoms with Gasteiger partial charge in [-0.1, -0.05) is 11.3 Å². The van der Waals surface area contributed by atoms with Gasteiger partial charge < -0.3 is 15.0 Å². The minimum Gasteiger partial charge on any atom is -0.444 e. The van der Waals surface area contributed by atoms with Crippen LogP contribution in [0, 0.1) is 0 Å². The molecule has 0 radical (unpaired) electrons. The quantitative estimate of drug-likeness (QED) is 0.884. The maximum Gasteiger partial charge on any atom is 0.427 e. The van der Waals surface area contributed by atoms with Crippen molar-refractivity contribution in [2.24, 2.45) is 0 Å². The number of hydrogen-bond acceptors (Lipinski definition) is 5. The van der Waals surface area contributed by atoms with E-state index in [2.05, 4.69) is 10.3 Å². The highest BCUT2D eigenvalue weighted by Gasteiger charge is 2.34. The Morgan fingerprint density at radius 2 is 1.96 bits per heavy atom. The predicted molar refractivity (Wildman–Crippen MR) is 81.7 cm³/mol. The molecule has 0 unspecified atom stereocenters. The molecule has 5 nitrogen and oxygen atoms in total. The van der Waals surface area contributed by atoms with E-state index in [4.69, 9.17) is 4.74 Å². The van der Waals surface area contributed by atoms with Crippen molar-refractivity contribution in [2.45, 2.75) is 51.4 Å². The number of halogens is 3. The van der Waals surface area contributed by atoms with Gasteiger partial charge in [0.15, 0.2) is 5.13 Å². The van der Waals surface area contributed by atoms with Crippen molar-refractivity contribution in [1.29, 1.82) is 0 Å². The third kappa shape index (κ3) is 5.26. The van der Waals surface area contributed by atoms with E-state index in [1.165, 1.54) is 0 Å². The molecule has 130 valence electrons. The first-order chi connectivity index (χ1) is 10.5. The molecule has 9 heteroatoms. The van der Waals surface area contributed by atoms with E-state index in [9.17, 15) is 18.0 Å². The van der Waals surface area contributed by atoms with Crippen LogP contribution in [-0.4, -0.2) is 35.8 Å². The summed E-state index contributed by atoms with van der Waals surface area (Å²) in [4.78, 5) is 16.7. The third-order valence-corrected chi connectivity index (χ3v) is 4.36. The van der Waals surface area contributed by atoms with Crippen molar-refractivity contribution >= 4 is 22.6 Å². The molecule has 2 rings (SSSR count). The minimum absolute atomic E-state index is 0.0388. The Hall–Kier alpha value is -1.51. The lowest BCUT2D eigenvalue weighted by Crippen LogP contribution is -2.46. The zero-order chi connectivity index (χ0) is 17.3. The number of nitrogens with zero attached hydrogens (tertiary/aromatic N) is 2.